The molecule has 20 heavy (non-hydrogen) atoms. The van der Waals surface area contributed by atoms with E-state index in [0.29, 0.717) is 12.2 Å². The first-order chi connectivity index (χ1) is 9.54. The van der Waals surface area contributed by atoms with E-state index in [1.807, 2.05) is 6.26 Å². The monoisotopic (exact) mass is 295 g/mol. The van der Waals surface area contributed by atoms with Gasteiger partial charge in [-0.15, -0.1) is 0 Å². The number of carbonyl (C=O) groups is 2. The average molecular weight is 295 g/mol. The van der Waals surface area contributed by atoms with Gasteiger partial charge in [-0.1, -0.05) is 0 Å². The fourth-order valence-electron chi connectivity index (χ4n) is 1.78. The molecule has 6 nitrogen and oxygen atoms in total. The van der Waals surface area contributed by atoms with Gasteiger partial charge in [0.1, 0.15) is 0 Å². The molecule has 0 aliphatic heterocycles. The minimum Gasteiger partial charge on any atom is -0.478 e. The van der Waals surface area contributed by atoms with Crippen molar-refractivity contribution >= 4 is 23.8 Å². The molecule has 0 atom stereocenters. The van der Waals surface area contributed by atoms with Crippen molar-refractivity contribution in [3.8, 4) is 0 Å². The minimum absolute atomic E-state index is 0.163. The van der Waals surface area contributed by atoms with Gasteiger partial charge >= 0.3 is 12.0 Å². The summed E-state index contributed by atoms with van der Waals surface area (Å²) in [5, 5.41) is 14.4. The van der Waals surface area contributed by atoms with Crippen molar-refractivity contribution in [3.63, 3.8) is 0 Å². The maximum atomic E-state index is 11.6. The lowest BCUT2D eigenvalue weighted by Gasteiger charge is -2.13. The molecule has 2 amide bonds. The van der Waals surface area contributed by atoms with Gasteiger partial charge in [-0.05, 0) is 31.2 Å². The first kappa shape index (κ1) is 14.6. The number of pyridine rings is 1. The van der Waals surface area contributed by atoms with Gasteiger partial charge in [0.05, 0.1) is 17.8 Å². The molecule has 0 radical (unpaired) electrons. The maximum Gasteiger partial charge on any atom is 0.335 e. The van der Waals surface area contributed by atoms with E-state index in [1.165, 1.54) is 18.3 Å². The minimum atomic E-state index is -1.01. The van der Waals surface area contributed by atoms with E-state index in [9.17, 15) is 9.59 Å². The third kappa shape index (κ3) is 3.86. The van der Waals surface area contributed by atoms with Crippen LogP contribution in [-0.2, 0) is 6.54 Å². The molecule has 2 rings (SSSR count). The lowest BCUT2D eigenvalue weighted by Crippen LogP contribution is -2.39. The second kappa shape index (κ2) is 6.13. The summed E-state index contributed by atoms with van der Waals surface area (Å²) in [5.74, 6) is -1.01. The van der Waals surface area contributed by atoms with E-state index in [4.69, 9.17) is 5.11 Å². The predicted octanol–water partition coefficient (Wildman–Crippen LogP) is 1.47. The zero-order valence-corrected chi connectivity index (χ0v) is 12.0. The molecule has 0 spiro atoms. The Balaban J connectivity index is 1.78. The van der Waals surface area contributed by atoms with Crippen molar-refractivity contribution in [2.24, 2.45) is 0 Å². The number of carbonyl (C=O) groups excluding carboxylic acids is 1. The standard InChI is InChI=1S/C13H17N3O3S/c1-20-13(3-4-13)8-16-12(19)15-7-10-6-9(11(17)18)2-5-14-10/h2,5-6H,3-4,7-8H2,1H3,(H,17,18)(H2,15,16,19). The van der Waals surface area contributed by atoms with E-state index in [0.717, 1.165) is 12.8 Å². The van der Waals surface area contributed by atoms with Crippen LogP contribution in [0.4, 0.5) is 4.79 Å². The van der Waals surface area contributed by atoms with E-state index < -0.39 is 5.97 Å². The Morgan fingerprint density at radius 1 is 1.45 bits per heavy atom. The van der Waals surface area contributed by atoms with Crippen molar-refractivity contribution in [1.82, 2.24) is 15.6 Å². The third-order valence-electron chi connectivity index (χ3n) is 3.31. The van der Waals surface area contributed by atoms with Gasteiger partial charge in [-0.25, -0.2) is 9.59 Å². The van der Waals surface area contributed by atoms with Crippen molar-refractivity contribution in [2.75, 3.05) is 12.8 Å². The second-order valence-corrected chi connectivity index (χ2v) is 6.04. The Morgan fingerprint density at radius 3 is 2.80 bits per heavy atom. The molecule has 1 aliphatic carbocycles. The van der Waals surface area contributed by atoms with Gasteiger partial charge in [0.2, 0.25) is 0 Å². The zero-order chi connectivity index (χ0) is 14.6. The first-order valence-electron chi connectivity index (χ1n) is 6.30. The molecule has 3 N–H and O–H groups in total. The number of aromatic carboxylic acids is 1. The number of rotatable bonds is 6. The highest BCUT2D eigenvalue weighted by molar-refractivity contribution is 8.00. The van der Waals surface area contributed by atoms with Crippen LogP contribution in [0.3, 0.4) is 0 Å². The SMILES string of the molecule is CSC1(CNC(=O)NCc2cc(C(=O)O)ccn2)CC1. The highest BCUT2D eigenvalue weighted by Crippen LogP contribution is 2.46. The average Bonchev–Trinajstić information content (AvgIpc) is 3.24. The van der Waals surface area contributed by atoms with Crippen LogP contribution >= 0.6 is 11.8 Å². The molecule has 0 aromatic carbocycles. The molecule has 1 aromatic heterocycles. The molecular weight excluding hydrogens is 278 g/mol. The Labute approximate surface area is 121 Å². The highest BCUT2D eigenvalue weighted by atomic mass is 32.2. The summed E-state index contributed by atoms with van der Waals surface area (Å²) in [5.41, 5.74) is 0.683. The molecule has 1 saturated carbocycles. The van der Waals surface area contributed by atoms with Crippen LogP contribution in [0.25, 0.3) is 0 Å². The van der Waals surface area contributed by atoms with E-state index in [2.05, 4.69) is 15.6 Å². The molecule has 0 bridgehead atoms. The second-order valence-electron chi connectivity index (χ2n) is 4.76. The Bertz CT molecular complexity index is 517. The number of carboxylic acids is 1. The largest absolute Gasteiger partial charge is 0.478 e. The first-order valence-corrected chi connectivity index (χ1v) is 7.52. The Kier molecular flexibility index (Phi) is 4.49. The van der Waals surface area contributed by atoms with Crippen molar-refractivity contribution in [1.29, 1.82) is 0 Å². The van der Waals surface area contributed by atoms with E-state index in [1.54, 1.807) is 11.8 Å². The van der Waals surface area contributed by atoms with Gasteiger partial charge in [0.15, 0.2) is 0 Å². The number of aromatic nitrogens is 1. The number of amides is 2. The van der Waals surface area contributed by atoms with Gasteiger partial charge < -0.3 is 15.7 Å². The molecule has 0 unspecified atom stereocenters. The number of hydrogen-bond acceptors (Lipinski definition) is 4. The molecule has 1 heterocycles. The van der Waals surface area contributed by atoms with E-state index in [-0.39, 0.29) is 22.9 Å². The predicted molar refractivity (Wildman–Crippen MR) is 76.9 cm³/mol. The lowest BCUT2D eigenvalue weighted by molar-refractivity contribution is 0.0696. The van der Waals surface area contributed by atoms with Crippen molar-refractivity contribution in [2.45, 2.75) is 24.1 Å². The van der Waals surface area contributed by atoms with Crippen LogP contribution in [0.15, 0.2) is 18.3 Å². The topological polar surface area (TPSA) is 91.3 Å². The zero-order valence-electron chi connectivity index (χ0n) is 11.2. The van der Waals surface area contributed by atoms with Crippen LogP contribution in [-0.4, -0.2) is 39.6 Å². The summed E-state index contributed by atoms with van der Waals surface area (Å²) in [6, 6.07) is 2.61. The Hall–Kier alpha value is -1.76. The van der Waals surface area contributed by atoms with Crippen LogP contribution < -0.4 is 10.6 Å². The number of urea groups is 1. The molecule has 1 fully saturated rings. The van der Waals surface area contributed by atoms with Gasteiger partial charge in [0, 0.05) is 17.5 Å². The van der Waals surface area contributed by atoms with E-state index >= 15 is 0 Å². The van der Waals surface area contributed by atoms with Crippen LogP contribution in [0, 0.1) is 0 Å². The molecule has 7 heteroatoms. The number of thioether (sulfide) groups is 1. The summed E-state index contributed by atoms with van der Waals surface area (Å²) in [6.45, 7) is 0.863. The van der Waals surface area contributed by atoms with Gasteiger partial charge in [0.25, 0.3) is 0 Å². The van der Waals surface area contributed by atoms with Crippen molar-refractivity contribution < 1.29 is 14.7 Å². The molecule has 0 saturated heterocycles. The van der Waals surface area contributed by atoms with Gasteiger partial charge in [-0.2, -0.15) is 11.8 Å². The summed E-state index contributed by atoms with van der Waals surface area (Å²) in [6.07, 6.45) is 5.74. The van der Waals surface area contributed by atoms with Crippen LogP contribution in [0.2, 0.25) is 0 Å². The number of hydrogen-bond donors (Lipinski definition) is 3. The normalized spacial score (nSPS) is 15.4. The summed E-state index contributed by atoms with van der Waals surface area (Å²) in [4.78, 5) is 26.5. The maximum absolute atomic E-state index is 11.6. The molecular formula is C13H17N3O3S. The third-order valence-corrected chi connectivity index (χ3v) is 4.72. The Morgan fingerprint density at radius 2 is 2.20 bits per heavy atom. The number of nitrogens with zero attached hydrogens (tertiary/aromatic N) is 1. The molecule has 1 aromatic rings. The number of nitrogens with one attached hydrogen (secondary N) is 2. The highest BCUT2D eigenvalue weighted by Gasteiger charge is 2.41. The fourth-order valence-corrected chi connectivity index (χ4v) is 2.50. The molecule has 1 aliphatic rings. The molecule has 108 valence electrons. The number of carboxylic acid groups (broad SMARTS) is 1. The van der Waals surface area contributed by atoms with Crippen molar-refractivity contribution in [3.05, 3.63) is 29.6 Å². The quantitative estimate of drug-likeness (QED) is 0.739. The summed E-state index contributed by atoms with van der Waals surface area (Å²) < 4.78 is 0.221. The smallest absolute Gasteiger partial charge is 0.335 e. The summed E-state index contributed by atoms with van der Waals surface area (Å²) in [7, 11) is 0. The lowest BCUT2D eigenvalue weighted by atomic mass is 10.2. The fraction of sp³-hybridized carbons (Fsp3) is 0.462. The summed E-state index contributed by atoms with van der Waals surface area (Å²) >= 11 is 1.78. The van der Waals surface area contributed by atoms with Crippen LogP contribution in [0.1, 0.15) is 28.9 Å². The van der Waals surface area contributed by atoms with Gasteiger partial charge in [-0.3, -0.25) is 4.98 Å². The van der Waals surface area contributed by atoms with Crippen LogP contribution in [0.5, 0.6) is 0 Å².